The van der Waals surface area contributed by atoms with Crippen LogP contribution in [-0.4, -0.2) is 11.2 Å². The van der Waals surface area contributed by atoms with Crippen LogP contribution < -0.4 is 5.32 Å². The van der Waals surface area contributed by atoms with E-state index in [1.807, 2.05) is 0 Å². The minimum Gasteiger partial charge on any atom is -0.354 e. The molecule has 1 unspecified atom stereocenters. The van der Waals surface area contributed by atoms with Crippen molar-refractivity contribution in [3.63, 3.8) is 0 Å². The molecule has 1 aliphatic heterocycles. The van der Waals surface area contributed by atoms with Gasteiger partial charge in [0.15, 0.2) is 5.78 Å². The van der Waals surface area contributed by atoms with Crippen molar-refractivity contribution < 1.29 is 9.18 Å². The van der Waals surface area contributed by atoms with Crippen LogP contribution in [0.4, 0.5) is 10.1 Å². The van der Waals surface area contributed by atoms with Crippen molar-refractivity contribution in [2.75, 3.05) is 5.32 Å². The molecule has 0 aromatic heterocycles. The molecule has 0 bridgehead atoms. The fourth-order valence-corrected chi connectivity index (χ4v) is 3.51. The van der Waals surface area contributed by atoms with Gasteiger partial charge in [-0.1, -0.05) is 23.4 Å². The largest absolute Gasteiger partial charge is 0.354 e. The summed E-state index contributed by atoms with van der Waals surface area (Å²) in [6.07, 6.45) is 1.55. The maximum atomic E-state index is 13.2. The van der Waals surface area contributed by atoms with Crippen molar-refractivity contribution in [1.82, 2.24) is 0 Å². The van der Waals surface area contributed by atoms with Gasteiger partial charge in [0.05, 0.1) is 16.4 Å². The summed E-state index contributed by atoms with van der Waals surface area (Å²) in [5.74, 6) is -0.653. The molecule has 0 spiro atoms. The first kappa shape index (κ1) is 12.1. The van der Waals surface area contributed by atoms with Crippen LogP contribution in [0.3, 0.4) is 0 Å². The Hall–Kier alpha value is -0.970. The highest BCUT2D eigenvalue weighted by Gasteiger charge is 2.33. The van der Waals surface area contributed by atoms with Gasteiger partial charge >= 0.3 is 0 Å². The summed E-state index contributed by atoms with van der Waals surface area (Å²) in [7, 11) is 0. The van der Waals surface area contributed by atoms with E-state index in [2.05, 4.69) is 5.32 Å². The number of alkyl halides is 1. The highest BCUT2D eigenvalue weighted by atomic mass is 35.5. The van der Waals surface area contributed by atoms with Gasteiger partial charge in [-0.3, -0.25) is 4.79 Å². The molecule has 1 aromatic carbocycles. The first-order chi connectivity index (χ1) is 8.56. The maximum Gasteiger partial charge on any atom is 0.197 e. The second-order valence-corrected chi connectivity index (χ2v) is 5.79. The van der Waals surface area contributed by atoms with Crippen molar-refractivity contribution in [1.29, 1.82) is 0 Å². The topological polar surface area (TPSA) is 29.1 Å². The van der Waals surface area contributed by atoms with E-state index in [4.69, 9.17) is 23.2 Å². The molecule has 2 aliphatic rings. The lowest BCUT2D eigenvalue weighted by molar-refractivity contribution is -0.114. The summed E-state index contributed by atoms with van der Waals surface area (Å²) in [6, 6.07) is 4.42. The smallest absolute Gasteiger partial charge is 0.197 e. The number of nitrogens with one attached hydrogen (secondary N) is 1. The third-order valence-electron chi connectivity index (χ3n) is 2.67. The third kappa shape index (κ3) is 1.85. The normalized spacial score (nSPS) is 22.1. The SMILES string of the molecule is O=C1C(Cl)=CC2=C(Sc3cc(F)ccc3N2)C1Cl. The van der Waals surface area contributed by atoms with Gasteiger partial charge in [-0.25, -0.2) is 4.39 Å². The van der Waals surface area contributed by atoms with Crippen LogP contribution in [0.25, 0.3) is 0 Å². The van der Waals surface area contributed by atoms with Crippen molar-refractivity contribution in [2.45, 2.75) is 10.3 Å². The number of anilines is 1. The van der Waals surface area contributed by atoms with Crippen LogP contribution in [0.15, 0.2) is 44.8 Å². The number of Topliss-reactive ketones (excluding diaryl/α,β-unsaturated/α-hetero) is 1. The zero-order valence-electron chi connectivity index (χ0n) is 8.84. The average molecular weight is 302 g/mol. The Morgan fingerprint density at radius 3 is 2.94 bits per heavy atom. The summed E-state index contributed by atoms with van der Waals surface area (Å²) in [6.45, 7) is 0. The molecular formula is C12H6Cl2FNOS. The number of thioether (sulfide) groups is 1. The summed E-state index contributed by atoms with van der Waals surface area (Å²) in [4.78, 5) is 13.0. The van der Waals surface area contributed by atoms with Gasteiger partial charge in [-0.15, -0.1) is 11.6 Å². The number of carbonyl (C=O) groups is 1. The fraction of sp³-hybridized carbons (Fsp3) is 0.0833. The van der Waals surface area contributed by atoms with Gasteiger partial charge in [-0.05, 0) is 24.3 Å². The van der Waals surface area contributed by atoms with Crippen LogP contribution in [0.5, 0.6) is 0 Å². The first-order valence-corrected chi connectivity index (χ1v) is 6.73. The molecule has 2 nitrogen and oxygen atoms in total. The van der Waals surface area contributed by atoms with Crippen LogP contribution in [0.1, 0.15) is 0 Å². The Kier molecular flexibility index (Phi) is 2.88. The Labute approximate surface area is 117 Å². The molecule has 0 saturated carbocycles. The molecule has 0 radical (unpaired) electrons. The Morgan fingerprint density at radius 1 is 1.39 bits per heavy atom. The molecule has 1 aromatic rings. The molecule has 6 heteroatoms. The molecule has 0 amide bonds. The van der Waals surface area contributed by atoms with E-state index in [0.717, 1.165) is 5.69 Å². The summed E-state index contributed by atoms with van der Waals surface area (Å²) >= 11 is 13.2. The number of halogens is 3. The van der Waals surface area contributed by atoms with Crippen LogP contribution in [-0.2, 0) is 4.79 Å². The maximum absolute atomic E-state index is 13.2. The number of carbonyl (C=O) groups excluding carboxylic acids is 1. The molecule has 1 aliphatic carbocycles. The number of allylic oxidation sites excluding steroid dienone is 3. The van der Waals surface area contributed by atoms with Crippen LogP contribution in [0.2, 0.25) is 0 Å². The van der Waals surface area contributed by atoms with Gasteiger partial charge in [0, 0.05) is 9.80 Å². The fourth-order valence-electron chi connectivity index (χ4n) is 1.80. The van der Waals surface area contributed by atoms with Crippen molar-refractivity contribution in [3.05, 3.63) is 45.7 Å². The van der Waals surface area contributed by atoms with Crippen LogP contribution >= 0.6 is 35.0 Å². The summed E-state index contributed by atoms with van der Waals surface area (Å²) in [5, 5.41) is 2.39. The van der Waals surface area contributed by atoms with E-state index in [-0.39, 0.29) is 16.6 Å². The number of hydrogen-bond donors (Lipinski definition) is 1. The molecule has 92 valence electrons. The molecule has 0 fully saturated rings. The second kappa shape index (κ2) is 4.30. The van der Waals surface area contributed by atoms with Gasteiger partial charge in [0.2, 0.25) is 0 Å². The monoisotopic (exact) mass is 301 g/mol. The molecule has 1 heterocycles. The summed E-state index contributed by atoms with van der Waals surface area (Å²) < 4.78 is 13.2. The lowest BCUT2D eigenvalue weighted by atomic mass is 10.1. The van der Waals surface area contributed by atoms with Crippen LogP contribution in [0, 0.1) is 5.82 Å². The number of ketones is 1. The van der Waals surface area contributed by atoms with E-state index in [1.54, 1.807) is 12.1 Å². The molecule has 0 saturated heterocycles. The Balaban J connectivity index is 2.07. The van der Waals surface area contributed by atoms with Crippen molar-refractivity contribution in [3.8, 4) is 0 Å². The molecule has 1 atom stereocenters. The lowest BCUT2D eigenvalue weighted by Crippen LogP contribution is -2.24. The minimum absolute atomic E-state index is 0.104. The quantitative estimate of drug-likeness (QED) is 0.738. The van der Waals surface area contributed by atoms with E-state index >= 15 is 0 Å². The number of benzene rings is 1. The number of hydrogen-bond acceptors (Lipinski definition) is 3. The highest BCUT2D eigenvalue weighted by molar-refractivity contribution is 8.03. The third-order valence-corrected chi connectivity index (χ3v) is 4.74. The predicted molar refractivity (Wildman–Crippen MR) is 71.5 cm³/mol. The van der Waals surface area contributed by atoms with Gasteiger partial charge in [0.25, 0.3) is 0 Å². The molecule has 1 N–H and O–H groups in total. The molecule has 18 heavy (non-hydrogen) atoms. The number of fused-ring (bicyclic) bond motifs is 1. The predicted octanol–water partition coefficient (Wildman–Crippen LogP) is 3.87. The highest BCUT2D eigenvalue weighted by Crippen LogP contribution is 2.45. The Bertz CT molecular complexity index is 627. The van der Waals surface area contributed by atoms with E-state index in [0.29, 0.717) is 15.5 Å². The minimum atomic E-state index is -0.814. The zero-order valence-corrected chi connectivity index (χ0v) is 11.2. The van der Waals surface area contributed by atoms with Crippen molar-refractivity contribution >= 4 is 46.4 Å². The van der Waals surface area contributed by atoms with E-state index < -0.39 is 5.38 Å². The van der Waals surface area contributed by atoms with Gasteiger partial charge in [-0.2, -0.15) is 0 Å². The average Bonchev–Trinajstić information content (AvgIpc) is 2.35. The van der Waals surface area contributed by atoms with Crippen molar-refractivity contribution in [2.24, 2.45) is 0 Å². The summed E-state index contributed by atoms with van der Waals surface area (Å²) in [5.41, 5.74) is 1.47. The van der Waals surface area contributed by atoms with Gasteiger partial charge in [0.1, 0.15) is 11.2 Å². The van der Waals surface area contributed by atoms with E-state index in [9.17, 15) is 9.18 Å². The molecular weight excluding hydrogens is 296 g/mol. The van der Waals surface area contributed by atoms with E-state index in [1.165, 1.54) is 23.9 Å². The second-order valence-electron chi connectivity index (χ2n) is 3.86. The zero-order chi connectivity index (χ0) is 12.9. The first-order valence-electron chi connectivity index (χ1n) is 5.10. The van der Waals surface area contributed by atoms with Gasteiger partial charge < -0.3 is 5.32 Å². The Morgan fingerprint density at radius 2 is 2.17 bits per heavy atom. The standard InChI is InChI=1S/C12H6Cl2FNOS/c13-6-4-8-12(10(14)11(6)17)18-9-3-5(15)1-2-7(9)16-8/h1-4,10,16H. The lowest BCUT2D eigenvalue weighted by Gasteiger charge is -2.27. The molecule has 3 rings (SSSR count). The number of rotatable bonds is 0.